The molecule has 1 N–H and O–H groups in total. The minimum absolute atomic E-state index is 0.0979. The maximum absolute atomic E-state index is 17.7. The summed E-state index contributed by atoms with van der Waals surface area (Å²) in [6.07, 6.45) is 21.6. The van der Waals surface area contributed by atoms with Crippen molar-refractivity contribution >= 4 is 23.5 Å². The lowest BCUT2D eigenvalue weighted by molar-refractivity contribution is -0.228. The molecule has 8 atom stereocenters. The molecule has 0 aliphatic heterocycles. The van der Waals surface area contributed by atoms with Gasteiger partial charge in [0.1, 0.15) is 0 Å². The molecule has 4 rings (SSSR count). The van der Waals surface area contributed by atoms with E-state index in [4.69, 9.17) is 9.47 Å². The molecule has 0 radical (unpaired) electrons. The van der Waals surface area contributed by atoms with Crippen LogP contribution in [0.4, 0.5) is 4.39 Å². The maximum atomic E-state index is 17.7. The molecular formula is C43H67FO7. The molecular weight excluding hydrogens is 647 g/mol. The largest absolute Gasteiger partial charge is 0.457 e. The monoisotopic (exact) mass is 714 g/mol. The van der Waals surface area contributed by atoms with Crippen molar-refractivity contribution < 1.29 is 38.1 Å². The summed E-state index contributed by atoms with van der Waals surface area (Å²) in [7, 11) is 0. The van der Waals surface area contributed by atoms with Gasteiger partial charge in [-0.25, -0.2) is 4.39 Å². The van der Waals surface area contributed by atoms with E-state index in [0.29, 0.717) is 37.7 Å². The number of aliphatic hydroxyl groups is 1. The molecule has 0 heterocycles. The first-order valence-corrected chi connectivity index (χ1v) is 20.5. The van der Waals surface area contributed by atoms with Crippen molar-refractivity contribution in [2.24, 2.45) is 28.6 Å². The normalized spacial score (nSPS) is 33.9. The number of halogens is 1. The molecule has 4 aliphatic carbocycles. The fraction of sp³-hybridized carbons (Fsp3) is 0.814. The third kappa shape index (κ3) is 8.41. The molecule has 4 aliphatic rings. The van der Waals surface area contributed by atoms with Gasteiger partial charge in [0.05, 0.1) is 6.10 Å². The van der Waals surface area contributed by atoms with Gasteiger partial charge in [0, 0.05) is 35.5 Å². The van der Waals surface area contributed by atoms with Crippen molar-refractivity contribution in [3.05, 3.63) is 23.8 Å². The van der Waals surface area contributed by atoms with Crippen molar-refractivity contribution in [2.45, 2.75) is 187 Å². The Morgan fingerprint density at radius 2 is 1.41 bits per heavy atom. The third-order valence-electron chi connectivity index (χ3n) is 13.5. The summed E-state index contributed by atoms with van der Waals surface area (Å²) in [5, 5.41) is 11.8. The average Bonchev–Trinajstić information content (AvgIpc) is 3.31. The number of carbonyl (C=O) groups is 4. The number of rotatable bonds is 21. The minimum Gasteiger partial charge on any atom is -0.457 e. The summed E-state index contributed by atoms with van der Waals surface area (Å²) < 4.78 is 29.6. The fourth-order valence-electron chi connectivity index (χ4n) is 10.6. The molecule has 0 aromatic rings. The number of Topliss-reactive ketones (excluding diaryl/α,β-unsaturated/α-hetero) is 1. The Bertz CT molecular complexity index is 1290. The van der Waals surface area contributed by atoms with E-state index in [0.717, 1.165) is 25.7 Å². The summed E-state index contributed by atoms with van der Waals surface area (Å²) >= 11 is 0. The van der Waals surface area contributed by atoms with Gasteiger partial charge in [0.15, 0.2) is 23.7 Å². The van der Waals surface area contributed by atoms with E-state index in [1.165, 1.54) is 69.9 Å². The molecule has 0 amide bonds. The molecule has 0 aromatic heterocycles. The van der Waals surface area contributed by atoms with Gasteiger partial charge in [0.25, 0.3) is 0 Å². The average molecular weight is 715 g/mol. The summed E-state index contributed by atoms with van der Waals surface area (Å²) in [5.41, 5.74) is -5.30. The number of fused-ring (bicyclic) bond motifs is 5. The molecule has 0 spiro atoms. The second-order valence-electron chi connectivity index (χ2n) is 16.8. The summed E-state index contributed by atoms with van der Waals surface area (Å²) in [4.78, 5) is 52.8. The van der Waals surface area contributed by atoms with Gasteiger partial charge < -0.3 is 14.6 Å². The van der Waals surface area contributed by atoms with Crippen LogP contribution in [0.2, 0.25) is 0 Å². The number of esters is 2. The van der Waals surface area contributed by atoms with Crippen LogP contribution >= 0.6 is 0 Å². The number of hydrogen-bond acceptors (Lipinski definition) is 7. The predicted molar refractivity (Wildman–Crippen MR) is 198 cm³/mol. The lowest BCUT2D eigenvalue weighted by Crippen LogP contribution is -2.70. The number of unbranched alkanes of at least 4 members (excludes halogenated alkanes) is 13. The number of ether oxygens (including phenoxy) is 2. The maximum Gasteiger partial charge on any atom is 0.306 e. The van der Waals surface area contributed by atoms with E-state index >= 15 is 4.39 Å². The highest BCUT2D eigenvalue weighted by atomic mass is 19.1. The van der Waals surface area contributed by atoms with Crippen molar-refractivity contribution in [1.82, 2.24) is 0 Å². The molecule has 0 saturated heterocycles. The number of hydrogen-bond donors (Lipinski definition) is 1. The first-order chi connectivity index (χ1) is 24.3. The molecule has 0 aromatic carbocycles. The van der Waals surface area contributed by atoms with Crippen LogP contribution in [0.3, 0.4) is 0 Å². The Balaban J connectivity index is 1.38. The highest BCUT2D eigenvalue weighted by Crippen LogP contribution is 2.71. The molecule has 0 unspecified atom stereocenters. The second kappa shape index (κ2) is 18.1. The van der Waals surface area contributed by atoms with E-state index in [1.807, 2.05) is 20.8 Å². The SMILES string of the molecule is CCCCCCCCCCCCCCCC(=O)OCC(=O)[C@@]1(OC(=O)CCCC)[C@H](C)C[C@H]2[C@@H]3CCC4=CC(=O)C=C[C@]4(C)[C@@]3(F)[C@@H](O)C[C@@]21C. The highest BCUT2D eigenvalue weighted by Gasteiger charge is 2.77. The lowest BCUT2D eigenvalue weighted by atomic mass is 9.44. The topological polar surface area (TPSA) is 107 Å². The van der Waals surface area contributed by atoms with Gasteiger partial charge in [0.2, 0.25) is 5.78 Å². The first-order valence-electron chi connectivity index (χ1n) is 20.5. The standard InChI is InChI=1S/C43H67FO7/c1-6-8-10-11-12-13-14-15-16-17-18-19-20-22-38(48)50-30-37(47)43(51-39(49)21-9-7-2)31(3)27-35-34-24-23-32-28-33(45)25-26-40(32,4)42(34,44)36(46)29-41(35,43)5/h25-26,28,31,34-36,46H,6-24,27,29-30H2,1-5H3/t31-,34+,35+,36+,40+,41+,42+,43+/m1/s1. The van der Waals surface area contributed by atoms with Crippen LogP contribution in [-0.2, 0) is 28.7 Å². The van der Waals surface area contributed by atoms with Crippen LogP contribution < -0.4 is 0 Å². The molecule has 3 fully saturated rings. The van der Waals surface area contributed by atoms with E-state index in [9.17, 15) is 24.3 Å². The minimum atomic E-state index is -2.07. The summed E-state index contributed by atoms with van der Waals surface area (Å²) in [6.45, 7) is 9.18. The first kappa shape index (κ1) is 41.4. The number of aliphatic hydroxyl groups excluding tert-OH is 1. The Morgan fingerprint density at radius 3 is 2.02 bits per heavy atom. The Morgan fingerprint density at radius 1 is 0.843 bits per heavy atom. The number of ketones is 2. The predicted octanol–water partition coefficient (Wildman–Crippen LogP) is 9.67. The zero-order chi connectivity index (χ0) is 37.3. The van der Waals surface area contributed by atoms with Gasteiger partial charge in [-0.3, -0.25) is 19.2 Å². The zero-order valence-corrected chi connectivity index (χ0v) is 32.4. The summed E-state index contributed by atoms with van der Waals surface area (Å²) in [5.74, 6) is -3.11. The van der Waals surface area contributed by atoms with Crippen molar-refractivity contribution in [2.75, 3.05) is 6.61 Å². The number of alkyl halides is 1. The van der Waals surface area contributed by atoms with Crippen LogP contribution in [-0.4, -0.2) is 52.6 Å². The van der Waals surface area contributed by atoms with Gasteiger partial charge in [-0.2, -0.15) is 0 Å². The van der Waals surface area contributed by atoms with Gasteiger partial charge in [-0.1, -0.05) is 123 Å². The summed E-state index contributed by atoms with van der Waals surface area (Å²) in [6, 6.07) is 0. The Kier molecular flexibility index (Phi) is 14.7. The number of allylic oxidation sites excluding steroid dienone is 4. The highest BCUT2D eigenvalue weighted by molar-refractivity contribution is 6.01. The quantitative estimate of drug-likeness (QED) is 0.0932. The Labute approximate surface area is 306 Å². The van der Waals surface area contributed by atoms with Crippen molar-refractivity contribution in [3.63, 3.8) is 0 Å². The van der Waals surface area contributed by atoms with Crippen molar-refractivity contribution in [3.8, 4) is 0 Å². The third-order valence-corrected chi connectivity index (χ3v) is 13.5. The van der Waals surface area contributed by atoms with Crippen molar-refractivity contribution in [1.29, 1.82) is 0 Å². The van der Waals surface area contributed by atoms with E-state index in [1.54, 1.807) is 13.0 Å². The Hall–Kier alpha value is -2.35. The molecule has 3 saturated carbocycles. The molecule has 288 valence electrons. The van der Waals surface area contributed by atoms with Gasteiger partial charge >= 0.3 is 11.9 Å². The zero-order valence-electron chi connectivity index (χ0n) is 32.4. The van der Waals surface area contributed by atoms with Crippen LogP contribution in [0.5, 0.6) is 0 Å². The number of carbonyl (C=O) groups excluding carboxylic acids is 4. The van der Waals surface area contributed by atoms with Crippen LogP contribution in [0.25, 0.3) is 0 Å². The van der Waals surface area contributed by atoms with Crippen LogP contribution in [0, 0.1) is 28.6 Å². The van der Waals surface area contributed by atoms with E-state index in [-0.39, 0.29) is 31.0 Å². The fourth-order valence-corrected chi connectivity index (χ4v) is 10.6. The molecule has 8 heteroatoms. The smallest absolute Gasteiger partial charge is 0.306 e. The molecule has 51 heavy (non-hydrogen) atoms. The van der Waals surface area contributed by atoms with E-state index < -0.39 is 64.4 Å². The van der Waals surface area contributed by atoms with Crippen LogP contribution in [0.15, 0.2) is 23.8 Å². The second-order valence-corrected chi connectivity index (χ2v) is 16.8. The lowest BCUT2D eigenvalue weighted by Gasteiger charge is -2.62. The van der Waals surface area contributed by atoms with Gasteiger partial charge in [-0.15, -0.1) is 0 Å². The molecule has 0 bridgehead atoms. The van der Waals surface area contributed by atoms with E-state index in [2.05, 4.69) is 6.92 Å². The van der Waals surface area contributed by atoms with Crippen LogP contribution in [0.1, 0.15) is 169 Å². The van der Waals surface area contributed by atoms with Gasteiger partial charge in [-0.05, 0) is 63.5 Å². The molecule has 7 nitrogen and oxygen atoms in total.